The van der Waals surface area contributed by atoms with Crippen LogP contribution in [-0.2, 0) is 9.59 Å². The molecule has 0 atom stereocenters. The fraction of sp³-hybridized carbons (Fsp3) is 0.769. The normalized spacial score (nSPS) is 19.2. The van der Waals surface area contributed by atoms with E-state index in [2.05, 4.69) is 5.32 Å². The lowest BCUT2D eigenvalue weighted by Gasteiger charge is -2.17. The summed E-state index contributed by atoms with van der Waals surface area (Å²) in [6.45, 7) is 9.39. The van der Waals surface area contributed by atoms with Crippen molar-refractivity contribution in [2.24, 2.45) is 0 Å². The Balaban J connectivity index is 0.000000191. The third-order valence-electron chi connectivity index (χ3n) is 3.12. The zero-order valence-corrected chi connectivity index (χ0v) is 12.1. The van der Waals surface area contributed by atoms with Crippen LogP contribution in [0, 0.1) is 0 Å². The summed E-state index contributed by atoms with van der Waals surface area (Å²) in [4.78, 5) is 35.8. The van der Waals surface area contributed by atoms with Gasteiger partial charge in [0.1, 0.15) is 0 Å². The van der Waals surface area contributed by atoms with Crippen molar-refractivity contribution in [3.8, 4) is 0 Å². The van der Waals surface area contributed by atoms with Gasteiger partial charge in [-0.2, -0.15) is 0 Å². The minimum absolute atomic E-state index is 0.0278. The Hall–Kier alpha value is -1.59. The van der Waals surface area contributed by atoms with Crippen LogP contribution in [0.25, 0.3) is 0 Å². The van der Waals surface area contributed by atoms with Gasteiger partial charge in [-0.15, -0.1) is 0 Å². The van der Waals surface area contributed by atoms with Gasteiger partial charge in [0.05, 0.1) is 0 Å². The number of hydrogen-bond donors (Lipinski definition) is 1. The Labute approximate surface area is 114 Å². The number of likely N-dealkylation sites (tertiary alicyclic amines) is 1. The highest BCUT2D eigenvalue weighted by molar-refractivity contribution is 6.02. The van der Waals surface area contributed by atoms with Crippen molar-refractivity contribution in [1.29, 1.82) is 0 Å². The van der Waals surface area contributed by atoms with E-state index in [-0.39, 0.29) is 23.9 Å². The first-order valence-electron chi connectivity index (χ1n) is 6.74. The fourth-order valence-electron chi connectivity index (χ4n) is 2.15. The number of urea groups is 1. The number of nitrogens with one attached hydrogen (secondary N) is 1. The van der Waals surface area contributed by atoms with Crippen LogP contribution in [-0.4, -0.2) is 52.8 Å². The summed E-state index contributed by atoms with van der Waals surface area (Å²) in [5, 5.41) is 2.74. The Morgan fingerprint density at radius 3 is 1.68 bits per heavy atom. The lowest BCUT2D eigenvalue weighted by atomic mass is 10.3. The molecule has 0 aliphatic carbocycles. The van der Waals surface area contributed by atoms with Crippen LogP contribution in [0.4, 0.5) is 4.79 Å². The van der Waals surface area contributed by atoms with E-state index in [0.29, 0.717) is 18.9 Å². The molecule has 2 aliphatic heterocycles. The Kier molecular flexibility index (Phi) is 5.32. The number of amides is 4. The van der Waals surface area contributed by atoms with Crippen molar-refractivity contribution in [3.05, 3.63) is 0 Å². The summed E-state index contributed by atoms with van der Waals surface area (Å²) in [6, 6.07) is 0.444. The molecule has 2 fully saturated rings. The summed E-state index contributed by atoms with van der Waals surface area (Å²) >= 11 is 0. The summed E-state index contributed by atoms with van der Waals surface area (Å²) < 4.78 is 0. The minimum atomic E-state index is -0.0278. The van der Waals surface area contributed by atoms with Crippen LogP contribution in [0.5, 0.6) is 0 Å². The van der Waals surface area contributed by atoms with E-state index in [1.165, 1.54) is 4.90 Å². The second kappa shape index (κ2) is 6.54. The van der Waals surface area contributed by atoms with E-state index >= 15 is 0 Å². The van der Waals surface area contributed by atoms with Gasteiger partial charge in [0, 0.05) is 38.0 Å². The number of nitrogens with zero attached hydrogens (tertiary/aromatic N) is 2. The first-order valence-corrected chi connectivity index (χ1v) is 6.74. The molecule has 108 valence electrons. The number of carbonyl (C=O) groups is 3. The van der Waals surface area contributed by atoms with E-state index in [1.54, 1.807) is 0 Å². The smallest absolute Gasteiger partial charge is 0.317 e. The SMILES string of the molecule is CC(C)N1C(=O)CCC1=O.CC(C)N1CCNC1=O. The van der Waals surface area contributed by atoms with Crippen LogP contribution in [0.2, 0.25) is 0 Å². The topological polar surface area (TPSA) is 69.7 Å². The monoisotopic (exact) mass is 269 g/mol. The predicted molar refractivity (Wildman–Crippen MR) is 71.5 cm³/mol. The molecule has 0 aromatic rings. The van der Waals surface area contributed by atoms with Crippen molar-refractivity contribution < 1.29 is 14.4 Å². The maximum atomic E-state index is 10.9. The Bertz CT molecular complexity index is 350. The van der Waals surface area contributed by atoms with Crippen molar-refractivity contribution in [2.75, 3.05) is 13.1 Å². The average molecular weight is 269 g/mol. The maximum absolute atomic E-state index is 10.9. The van der Waals surface area contributed by atoms with Crippen molar-refractivity contribution >= 4 is 17.8 Å². The molecule has 0 bridgehead atoms. The van der Waals surface area contributed by atoms with Gasteiger partial charge in [0.15, 0.2) is 0 Å². The predicted octanol–water partition coefficient (Wildman–Crippen LogP) is 0.964. The van der Waals surface area contributed by atoms with Crippen LogP contribution >= 0.6 is 0 Å². The molecule has 1 N–H and O–H groups in total. The minimum Gasteiger partial charge on any atom is -0.336 e. The first-order chi connectivity index (χ1) is 8.84. The van der Waals surface area contributed by atoms with Crippen LogP contribution in [0.1, 0.15) is 40.5 Å². The molecule has 0 saturated carbocycles. The molecule has 6 nitrogen and oxygen atoms in total. The zero-order chi connectivity index (χ0) is 14.6. The van der Waals surface area contributed by atoms with Crippen molar-refractivity contribution in [1.82, 2.24) is 15.1 Å². The van der Waals surface area contributed by atoms with Gasteiger partial charge in [0.2, 0.25) is 11.8 Å². The van der Waals surface area contributed by atoms with Gasteiger partial charge in [-0.1, -0.05) is 0 Å². The largest absolute Gasteiger partial charge is 0.336 e. The van der Waals surface area contributed by atoms with Crippen molar-refractivity contribution in [2.45, 2.75) is 52.6 Å². The Morgan fingerprint density at radius 2 is 1.47 bits per heavy atom. The summed E-state index contributed by atoms with van der Waals surface area (Å²) in [5.74, 6) is -0.0556. The van der Waals surface area contributed by atoms with E-state index < -0.39 is 0 Å². The van der Waals surface area contributed by atoms with Crippen LogP contribution < -0.4 is 5.32 Å². The molecule has 6 heteroatoms. The molecule has 2 rings (SSSR count). The summed E-state index contributed by atoms with van der Waals surface area (Å²) in [7, 11) is 0. The van der Waals surface area contributed by atoms with Gasteiger partial charge in [-0.05, 0) is 27.7 Å². The van der Waals surface area contributed by atoms with Crippen LogP contribution in [0.15, 0.2) is 0 Å². The molecule has 19 heavy (non-hydrogen) atoms. The third kappa shape index (κ3) is 3.94. The highest BCUT2D eigenvalue weighted by Crippen LogP contribution is 2.14. The lowest BCUT2D eigenvalue weighted by molar-refractivity contribution is -0.140. The lowest BCUT2D eigenvalue weighted by Crippen LogP contribution is -2.35. The number of hydrogen-bond acceptors (Lipinski definition) is 3. The molecule has 2 aliphatic rings. The molecule has 0 unspecified atom stereocenters. The number of imide groups is 1. The average Bonchev–Trinajstić information content (AvgIpc) is 2.86. The molecule has 4 amide bonds. The number of carbonyl (C=O) groups excluding carboxylic acids is 3. The molecular weight excluding hydrogens is 246 g/mol. The van der Waals surface area contributed by atoms with Gasteiger partial charge in [0.25, 0.3) is 0 Å². The van der Waals surface area contributed by atoms with Gasteiger partial charge in [-0.25, -0.2) is 4.79 Å². The highest BCUT2D eigenvalue weighted by atomic mass is 16.2. The molecule has 0 aromatic carbocycles. The second-order valence-corrected chi connectivity index (χ2v) is 5.27. The second-order valence-electron chi connectivity index (χ2n) is 5.27. The Morgan fingerprint density at radius 1 is 0.947 bits per heavy atom. The molecule has 0 spiro atoms. The van der Waals surface area contributed by atoms with Gasteiger partial charge < -0.3 is 10.2 Å². The fourth-order valence-corrected chi connectivity index (χ4v) is 2.15. The standard InChI is InChI=1S/C7H11NO2.C6H12N2O/c1-5(2)8-6(9)3-4-7(8)10;1-5(2)8-4-3-7-6(8)9/h5H,3-4H2,1-2H3;5H,3-4H2,1-2H3,(H,7,9). The van der Waals surface area contributed by atoms with Crippen LogP contribution in [0.3, 0.4) is 0 Å². The molecular formula is C13H23N3O3. The van der Waals surface area contributed by atoms with E-state index in [9.17, 15) is 14.4 Å². The van der Waals surface area contributed by atoms with E-state index in [1.807, 2.05) is 32.6 Å². The van der Waals surface area contributed by atoms with Gasteiger partial charge in [-0.3, -0.25) is 14.5 Å². The molecule has 0 aromatic heterocycles. The number of rotatable bonds is 2. The van der Waals surface area contributed by atoms with Crippen molar-refractivity contribution in [3.63, 3.8) is 0 Å². The molecule has 2 heterocycles. The third-order valence-corrected chi connectivity index (χ3v) is 3.12. The molecule has 0 radical (unpaired) electrons. The first kappa shape index (κ1) is 15.5. The zero-order valence-electron chi connectivity index (χ0n) is 12.1. The molecule has 2 saturated heterocycles. The highest BCUT2D eigenvalue weighted by Gasteiger charge is 2.30. The summed E-state index contributed by atoms with van der Waals surface area (Å²) in [5.41, 5.74) is 0. The van der Waals surface area contributed by atoms with E-state index in [0.717, 1.165) is 13.1 Å². The maximum Gasteiger partial charge on any atom is 0.317 e. The van der Waals surface area contributed by atoms with E-state index in [4.69, 9.17) is 0 Å². The quantitative estimate of drug-likeness (QED) is 0.759. The van der Waals surface area contributed by atoms with Gasteiger partial charge >= 0.3 is 6.03 Å². The summed E-state index contributed by atoms with van der Waals surface area (Å²) in [6.07, 6.45) is 0.800.